The number of esters is 1. The maximum atomic E-state index is 13.2. The van der Waals surface area contributed by atoms with Crippen molar-refractivity contribution in [1.29, 1.82) is 0 Å². The number of alkyl halides is 3. The maximum Gasteiger partial charge on any atom is 0.435 e. The fourth-order valence-corrected chi connectivity index (χ4v) is 2.01. The van der Waals surface area contributed by atoms with Crippen LogP contribution in [0.15, 0.2) is 4.52 Å². The third-order valence-electron chi connectivity index (χ3n) is 3.22. The topological polar surface area (TPSA) is 95.9 Å². The summed E-state index contributed by atoms with van der Waals surface area (Å²) in [5.74, 6) is -0.940. The zero-order valence-corrected chi connectivity index (χ0v) is 12.2. The average Bonchev–Trinajstić information content (AvgIpc) is 3.03. The Kier molecular flexibility index (Phi) is 3.57. The van der Waals surface area contributed by atoms with E-state index in [2.05, 4.69) is 20.5 Å². The Morgan fingerprint density at radius 2 is 2.13 bits per heavy atom. The molecule has 0 aliphatic heterocycles. The van der Waals surface area contributed by atoms with Crippen molar-refractivity contribution < 1.29 is 27.2 Å². The van der Waals surface area contributed by atoms with Gasteiger partial charge in [0.25, 0.3) is 5.89 Å². The van der Waals surface area contributed by atoms with Gasteiger partial charge in [0.15, 0.2) is 17.6 Å². The fraction of sp³-hybridized carbons (Fsp3) is 0.583. The number of aryl methyl sites for hydroxylation is 1. The Hall–Kier alpha value is -2.46. The molecule has 3 rings (SSSR count). The second-order valence-electron chi connectivity index (χ2n) is 5.19. The Bertz CT molecular complexity index is 735. The zero-order chi connectivity index (χ0) is 16.8. The summed E-state index contributed by atoms with van der Waals surface area (Å²) in [6, 6.07) is -0.378. The highest BCUT2D eigenvalue weighted by Crippen LogP contribution is 2.40. The lowest BCUT2D eigenvalue weighted by Crippen LogP contribution is -2.20. The molecular weight excluding hydrogens is 319 g/mol. The van der Waals surface area contributed by atoms with Gasteiger partial charge in [-0.25, -0.2) is 9.48 Å². The van der Waals surface area contributed by atoms with Gasteiger partial charge < -0.3 is 9.26 Å². The molecule has 11 heteroatoms. The monoisotopic (exact) mass is 331 g/mol. The number of nitrogens with zero attached hydrogens (tertiary/aromatic N) is 5. The molecule has 1 unspecified atom stereocenters. The second-order valence-corrected chi connectivity index (χ2v) is 5.19. The van der Waals surface area contributed by atoms with Crippen LogP contribution in [0.2, 0.25) is 0 Å². The Balaban J connectivity index is 1.85. The highest BCUT2D eigenvalue weighted by Gasteiger charge is 2.45. The molecule has 0 aromatic carbocycles. The first kappa shape index (κ1) is 15.4. The van der Waals surface area contributed by atoms with Crippen LogP contribution in [-0.4, -0.2) is 31.1 Å². The SMILES string of the molecule is Cc1noc(C(C)OC(=O)c2nnn(C3CC3)c2C(F)(F)F)n1. The van der Waals surface area contributed by atoms with Crippen LogP contribution in [-0.2, 0) is 10.9 Å². The summed E-state index contributed by atoms with van der Waals surface area (Å²) in [6.07, 6.45) is -4.63. The van der Waals surface area contributed by atoms with Gasteiger partial charge in [0, 0.05) is 0 Å². The van der Waals surface area contributed by atoms with Crippen LogP contribution in [0.5, 0.6) is 0 Å². The quantitative estimate of drug-likeness (QED) is 0.793. The predicted molar refractivity (Wildman–Crippen MR) is 66.2 cm³/mol. The van der Waals surface area contributed by atoms with E-state index >= 15 is 0 Å². The minimum Gasteiger partial charge on any atom is -0.448 e. The van der Waals surface area contributed by atoms with Gasteiger partial charge >= 0.3 is 12.1 Å². The summed E-state index contributed by atoms with van der Waals surface area (Å²) in [6.45, 7) is 2.97. The van der Waals surface area contributed by atoms with Gasteiger partial charge in [-0.3, -0.25) is 0 Å². The lowest BCUT2D eigenvalue weighted by atomic mass is 10.3. The van der Waals surface area contributed by atoms with E-state index in [9.17, 15) is 18.0 Å². The largest absolute Gasteiger partial charge is 0.448 e. The number of halogens is 3. The molecule has 1 aliphatic rings. The normalized spacial score (nSPS) is 16.4. The van der Waals surface area contributed by atoms with E-state index in [-0.39, 0.29) is 11.9 Å². The predicted octanol–water partition coefficient (Wildman–Crippen LogP) is 2.24. The van der Waals surface area contributed by atoms with Gasteiger partial charge in [0.05, 0.1) is 6.04 Å². The highest BCUT2D eigenvalue weighted by molar-refractivity contribution is 5.88. The summed E-state index contributed by atoms with van der Waals surface area (Å²) >= 11 is 0. The molecule has 0 bridgehead atoms. The average molecular weight is 331 g/mol. The molecule has 23 heavy (non-hydrogen) atoms. The third kappa shape index (κ3) is 3.03. The van der Waals surface area contributed by atoms with E-state index in [4.69, 9.17) is 9.26 Å². The van der Waals surface area contributed by atoms with Gasteiger partial charge in [-0.15, -0.1) is 5.10 Å². The van der Waals surface area contributed by atoms with Crippen molar-refractivity contribution in [2.45, 2.75) is 45.0 Å². The van der Waals surface area contributed by atoms with Gasteiger partial charge in [-0.1, -0.05) is 10.4 Å². The molecule has 0 radical (unpaired) electrons. The molecule has 1 atom stereocenters. The number of aromatic nitrogens is 5. The molecule has 1 saturated carbocycles. The molecule has 1 aliphatic carbocycles. The van der Waals surface area contributed by atoms with Crippen molar-refractivity contribution >= 4 is 5.97 Å². The number of carbonyl (C=O) groups excluding carboxylic acids is 1. The molecular formula is C12H12F3N5O3. The molecule has 124 valence electrons. The van der Waals surface area contributed by atoms with E-state index in [0.29, 0.717) is 18.7 Å². The minimum atomic E-state index is -4.76. The summed E-state index contributed by atoms with van der Waals surface area (Å²) in [5.41, 5.74) is -2.06. The second kappa shape index (κ2) is 5.32. The summed E-state index contributed by atoms with van der Waals surface area (Å²) in [5, 5.41) is 10.3. The first-order valence-corrected chi connectivity index (χ1v) is 6.81. The zero-order valence-electron chi connectivity index (χ0n) is 12.2. The highest BCUT2D eigenvalue weighted by atomic mass is 19.4. The number of rotatable bonds is 4. The molecule has 0 saturated heterocycles. The molecule has 8 nitrogen and oxygen atoms in total. The molecule has 0 spiro atoms. The lowest BCUT2D eigenvalue weighted by Gasteiger charge is -2.11. The fourth-order valence-electron chi connectivity index (χ4n) is 2.01. The number of carbonyl (C=O) groups is 1. The van der Waals surface area contributed by atoms with Gasteiger partial charge in [-0.05, 0) is 26.7 Å². The first-order chi connectivity index (χ1) is 10.8. The molecule has 2 aromatic rings. The van der Waals surface area contributed by atoms with Crippen LogP contribution in [0.4, 0.5) is 13.2 Å². The van der Waals surface area contributed by atoms with Crippen LogP contribution in [0.25, 0.3) is 0 Å². The molecule has 2 heterocycles. The standard InChI is InChI=1S/C12H12F3N5O3/c1-5(10-16-6(2)18-23-10)22-11(21)8-9(12(13,14)15)20(19-17-8)7-3-4-7/h5,7H,3-4H2,1-2H3. The van der Waals surface area contributed by atoms with Gasteiger partial charge in [-0.2, -0.15) is 18.2 Å². The Morgan fingerprint density at radius 1 is 1.43 bits per heavy atom. The van der Waals surface area contributed by atoms with Crippen molar-refractivity contribution in [2.75, 3.05) is 0 Å². The number of ether oxygens (including phenoxy) is 1. The van der Waals surface area contributed by atoms with Crippen molar-refractivity contribution in [3.63, 3.8) is 0 Å². The Morgan fingerprint density at radius 3 is 2.65 bits per heavy atom. The molecule has 0 amide bonds. The van der Waals surface area contributed by atoms with Crippen LogP contribution in [0, 0.1) is 6.92 Å². The summed E-state index contributed by atoms with van der Waals surface area (Å²) in [4.78, 5) is 15.9. The van der Waals surface area contributed by atoms with Gasteiger partial charge in [0.2, 0.25) is 5.69 Å². The van der Waals surface area contributed by atoms with Crippen molar-refractivity contribution in [3.05, 3.63) is 23.1 Å². The van der Waals surface area contributed by atoms with Crippen molar-refractivity contribution in [3.8, 4) is 0 Å². The number of hydrogen-bond donors (Lipinski definition) is 0. The first-order valence-electron chi connectivity index (χ1n) is 6.81. The lowest BCUT2D eigenvalue weighted by molar-refractivity contribution is -0.144. The van der Waals surface area contributed by atoms with Crippen molar-refractivity contribution in [2.24, 2.45) is 0 Å². The van der Waals surface area contributed by atoms with E-state index in [1.54, 1.807) is 6.92 Å². The molecule has 1 fully saturated rings. The van der Waals surface area contributed by atoms with E-state index in [1.165, 1.54) is 6.92 Å². The molecule has 2 aromatic heterocycles. The maximum absolute atomic E-state index is 13.2. The third-order valence-corrected chi connectivity index (χ3v) is 3.22. The number of hydrogen-bond acceptors (Lipinski definition) is 7. The van der Waals surface area contributed by atoms with E-state index < -0.39 is 29.6 Å². The summed E-state index contributed by atoms with van der Waals surface area (Å²) < 4.78 is 50.1. The smallest absolute Gasteiger partial charge is 0.435 e. The van der Waals surface area contributed by atoms with E-state index in [1.807, 2.05) is 0 Å². The van der Waals surface area contributed by atoms with Gasteiger partial charge in [0.1, 0.15) is 0 Å². The van der Waals surface area contributed by atoms with Crippen LogP contribution < -0.4 is 0 Å². The van der Waals surface area contributed by atoms with Crippen molar-refractivity contribution in [1.82, 2.24) is 25.1 Å². The minimum absolute atomic E-state index is 0.0148. The Labute approximate surface area is 127 Å². The van der Waals surface area contributed by atoms with Crippen LogP contribution in [0.3, 0.4) is 0 Å². The van der Waals surface area contributed by atoms with E-state index in [0.717, 1.165) is 4.68 Å². The van der Waals surface area contributed by atoms with Crippen LogP contribution in [0.1, 0.15) is 59.8 Å². The van der Waals surface area contributed by atoms with Crippen LogP contribution >= 0.6 is 0 Å². The summed E-state index contributed by atoms with van der Waals surface area (Å²) in [7, 11) is 0. The molecule has 0 N–H and O–H groups in total.